The summed E-state index contributed by atoms with van der Waals surface area (Å²) in [4.78, 5) is 26.9. The fraction of sp³-hybridized carbons (Fsp3) is 0.238. The quantitative estimate of drug-likeness (QED) is 0.455. The Kier molecular flexibility index (Phi) is 5.92. The molecule has 0 saturated carbocycles. The van der Waals surface area contributed by atoms with Gasteiger partial charge in [-0.1, -0.05) is 30.3 Å². The van der Waals surface area contributed by atoms with Gasteiger partial charge in [0, 0.05) is 57.3 Å². The van der Waals surface area contributed by atoms with E-state index in [1.54, 1.807) is 38.3 Å². The number of anilines is 1. The second kappa shape index (κ2) is 8.55. The van der Waals surface area contributed by atoms with Crippen LogP contribution in [-0.2, 0) is 13.1 Å². The van der Waals surface area contributed by atoms with E-state index >= 15 is 0 Å². The Morgan fingerprint density at radius 1 is 1.10 bits per heavy atom. The molecular weight excluding hydrogens is 370 g/mol. The normalized spacial score (nSPS) is 10.6. The monoisotopic (exact) mass is 393 g/mol. The lowest BCUT2D eigenvalue weighted by Crippen LogP contribution is -2.28. The molecule has 0 aliphatic heterocycles. The van der Waals surface area contributed by atoms with Gasteiger partial charge in [-0.2, -0.15) is 5.10 Å². The van der Waals surface area contributed by atoms with Crippen molar-refractivity contribution < 1.29 is 9.72 Å². The van der Waals surface area contributed by atoms with Crippen LogP contribution in [0.2, 0.25) is 0 Å². The van der Waals surface area contributed by atoms with Crippen molar-refractivity contribution in [3.63, 3.8) is 0 Å². The third kappa shape index (κ3) is 4.78. The summed E-state index contributed by atoms with van der Waals surface area (Å²) in [7, 11) is 5.27. The molecule has 8 nitrogen and oxygen atoms in total. The number of carbonyl (C=O) groups excluding carboxylic acids is 1. The first-order valence-electron chi connectivity index (χ1n) is 9.11. The summed E-state index contributed by atoms with van der Waals surface area (Å²) in [5, 5.41) is 15.5. The van der Waals surface area contributed by atoms with Crippen molar-refractivity contribution >= 4 is 17.3 Å². The molecule has 8 heteroatoms. The zero-order valence-electron chi connectivity index (χ0n) is 16.6. The summed E-state index contributed by atoms with van der Waals surface area (Å²) in [5.74, 6) is -0.284. The first kappa shape index (κ1) is 20.1. The van der Waals surface area contributed by atoms with E-state index in [2.05, 4.69) is 5.10 Å². The molecule has 1 aromatic heterocycles. The highest BCUT2D eigenvalue weighted by Crippen LogP contribution is 2.25. The standard InChI is InChI=1S/C21H23N5O3/c1-23(2)20-10-9-18(26(28)29)11-19(20)21(27)24(3)13-17-12-22-25(15-17)14-16-7-5-4-6-8-16/h4-12,15H,13-14H2,1-3H3. The van der Waals surface area contributed by atoms with Gasteiger partial charge >= 0.3 is 0 Å². The number of hydrogen-bond donors (Lipinski definition) is 0. The summed E-state index contributed by atoms with van der Waals surface area (Å²) in [5.41, 5.74) is 2.84. The lowest BCUT2D eigenvalue weighted by atomic mass is 10.1. The van der Waals surface area contributed by atoms with Gasteiger partial charge in [0.05, 0.1) is 23.2 Å². The topological polar surface area (TPSA) is 84.5 Å². The predicted octanol–water partition coefficient (Wildman–Crippen LogP) is 3.18. The molecule has 0 N–H and O–H groups in total. The molecule has 29 heavy (non-hydrogen) atoms. The van der Waals surface area contributed by atoms with E-state index in [0.29, 0.717) is 24.3 Å². The van der Waals surface area contributed by atoms with E-state index in [9.17, 15) is 14.9 Å². The molecule has 0 saturated heterocycles. The van der Waals surface area contributed by atoms with Crippen LogP contribution in [0.25, 0.3) is 0 Å². The lowest BCUT2D eigenvalue weighted by molar-refractivity contribution is -0.384. The number of aromatic nitrogens is 2. The summed E-state index contributed by atoms with van der Waals surface area (Å²) in [6.07, 6.45) is 3.63. The minimum Gasteiger partial charge on any atom is -0.377 e. The lowest BCUT2D eigenvalue weighted by Gasteiger charge is -2.21. The molecule has 3 rings (SSSR count). The summed E-state index contributed by atoms with van der Waals surface area (Å²) < 4.78 is 1.82. The van der Waals surface area contributed by atoms with Gasteiger partial charge in [0.1, 0.15) is 0 Å². The van der Waals surface area contributed by atoms with Crippen LogP contribution in [0.3, 0.4) is 0 Å². The van der Waals surface area contributed by atoms with Crippen molar-refractivity contribution in [3.05, 3.63) is 87.7 Å². The number of rotatable bonds is 7. The van der Waals surface area contributed by atoms with Crippen LogP contribution < -0.4 is 4.90 Å². The second-order valence-electron chi connectivity index (χ2n) is 7.05. The maximum absolute atomic E-state index is 13.0. The molecule has 0 aliphatic carbocycles. The Balaban J connectivity index is 1.76. The maximum atomic E-state index is 13.0. The Morgan fingerprint density at radius 3 is 2.48 bits per heavy atom. The fourth-order valence-corrected chi connectivity index (χ4v) is 3.10. The number of nitrogens with zero attached hydrogens (tertiary/aromatic N) is 5. The molecule has 0 bridgehead atoms. The average Bonchev–Trinajstić information content (AvgIpc) is 3.14. The van der Waals surface area contributed by atoms with Gasteiger partial charge < -0.3 is 9.80 Å². The van der Waals surface area contributed by atoms with Gasteiger partial charge in [-0.05, 0) is 11.6 Å². The smallest absolute Gasteiger partial charge is 0.270 e. The van der Waals surface area contributed by atoms with E-state index in [0.717, 1.165) is 11.1 Å². The highest BCUT2D eigenvalue weighted by Gasteiger charge is 2.21. The molecule has 150 valence electrons. The van der Waals surface area contributed by atoms with E-state index in [4.69, 9.17) is 0 Å². The van der Waals surface area contributed by atoms with Gasteiger partial charge in [0.15, 0.2) is 0 Å². The molecule has 0 fully saturated rings. The Labute approximate surface area is 169 Å². The molecule has 0 atom stereocenters. The SMILES string of the molecule is CN(Cc1cnn(Cc2ccccc2)c1)C(=O)c1cc([N+](=O)[O-])ccc1N(C)C. The van der Waals surface area contributed by atoms with Crippen molar-refractivity contribution in [3.8, 4) is 0 Å². The Hall–Kier alpha value is -3.68. The van der Waals surface area contributed by atoms with E-state index < -0.39 is 4.92 Å². The Bertz CT molecular complexity index is 1010. The maximum Gasteiger partial charge on any atom is 0.270 e. The largest absolute Gasteiger partial charge is 0.377 e. The zero-order chi connectivity index (χ0) is 21.0. The van der Waals surface area contributed by atoms with Gasteiger partial charge in [-0.25, -0.2) is 0 Å². The van der Waals surface area contributed by atoms with Gasteiger partial charge in [-0.3, -0.25) is 19.6 Å². The fourth-order valence-electron chi connectivity index (χ4n) is 3.10. The van der Waals surface area contributed by atoms with Crippen LogP contribution in [-0.4, -0.2) is 46.7 Å². The summed E-state index contributed by atoms with van der Waals surface area (Å²) in [6.45, 7) is 0.997. The number of benzene rings is 2. The Morgan fingerprint density at radius 2 is 1.83 bits per heavy atom. The van der Waals surface area contributed by atoms with Crippen LogP contribution >= 0.6 is 0 Å². The highest BCUT2D eigenvalue weighted by atomic mass is 16.6. The van der Waals surface area contributed by atoms with Crippen LogP contribution in [0.4, 0.5) is 11.4 Å². The number of amides is 1. The minimum absolute atomic E-state index is 0.108. The van der Waals surface area contributed by atoms with E-state index in [1.165, 1.54) is 17.0 Å². The van der Waals surface area contributed by atoms with Crippen molar-refractivity contribution in [1.82, 2.24) is 14.7 Å². The number of non-ortho nitro benzene ring substituents is 1. The molecular formula is C21H23N5O3. The number of nitro benzene ring substituents is 1. The molecule has 0 aliphatic rings. The second-order valence-corrected chi connectivity index (χ2v) is 7.05. The van der Waals surface area contributed by atoms with Crippen LogP contribution in [0.1, 0.15) is 21.5 Å². The molecule has 2 aromatic carbocycles. The number of hydrogen-bond acceptors (Lipinski definition) is 5. The molecule has 1 amide bonds. The number of carbonyl (C=O) groups is 1. The van der Waals surface area contributed by atoms with Gasteiger partial charge in [-0.15, -0.1) is 0 Å². The minimum atomic E-state index is -0.496. The van der Waals surface area contributed by atoms with Crippen molar-refractivity contribution in [2.24, 2.45) is 0 Å². The molecule has 0 radical (unpaired) electrons. The highest BCUT2D eigenvalue weighted by molar-refractivity contribution is 6.00. The average molecular weight is 393 g/mol. The van der Waals surface area contributed by atoms with Crippen molar-refractivity contribution in [1.29, 1.82) is 0 Å². The van der Waals surface area contributed by atoms with Gasteiger partial charge in [0.2, 0.25) is 0 Å². The van der Waals surface area contributed by atoms with Crippen molar-refractivity contribution in [2.75, 3.05) is 26.0 Å². The van der Waals surface area contributed by atoms with E-state index in [1.807, 2.05) is 41.2 Å². The first-order chi connectivity index (χ1) is 13.8. The van der Waals surface area contributed by atoms with E-state index in [-0.39, 0.29) is 11.6 Å². The van der Waals surface area contributed by atoms with Crippen LogP contribution in [0, 0.1) is 10.1 Å². The third-order valence-corrected chi connectivity index (χ3v) is 4.54. The van der Waals surface area contributed by atoms with Crippen LogP contribution in [0.15, 0.2) is 60.9 Å². The zero-order valence-corrected chi connectivity index (χ0v) is 16.6. The first-order valence-corrected chi connectivity index (χ1v) is 9.11. The molecule has 3 aromatic rings. The van der Waals surface area contributed by atoms with Crippen molar-refractivity contribution in [2.45, 2.75) is 13.1 Å². The van der Waals surface area contributed by atoms with Crippen LogP contribution in [0.5, 0.6) is 0 Å². The third-order valence-electron chi connectivity index (χ3n) is 4.54. The molecule has 0 unspecified atom stereocenters. The predicted molar refractivity (Wildman–Crippen MR) is 111 cm³/mol. The summed E-state index contributed by atoms with van der Waals surface area (Å²) in [6, 6.07) is 14.3. The van der Waals surface area contributed by atoms with Gasteiger partial charge in [0.25, 0.3) is 11.6 Å². The molecule has 1 heterocycles. The number of nitro groups is 1. The molecule has 0 spiro atoms. The summed E-state index contributed by atoms with van der Waals surface area (Å²) >= 11 is 0.